The highest BCUT2D eigenvalue weighted by molar-refractivity contribution is 5.97. The first-order valence-corrected chi connectivity index (χ1v) is 13.6. The Morgan fingerprint density at radius 3 is 2.69 bits per heavy atom. The van der Waals surface area contributed by atoms with Crippen LogP contribution in [0, 0.1) is 11.6 Å². The maximum absolute atomic E-state index is 14.2. The van der Waals surface area contributed by atoms with Crippen molar-refractivity contribution in [1.29, 1.82) is 0 Å². The molecule has 0 radical (unpaired) electrons. The summed E-state index contributed by atoms with van der Waals surface area (Å²) in [5.74, 6) is -1.37. The van der Waals surface area contributed by atoms with Crippen LogP contribution >= 0.6 is 0 Å². The van der Waals surface area contributed by atoms with Gasteiger partial charge in [0.05, 0.1) is 31.1 Å². The Bertz CT molecular complexity index is 1150. The third-order valence-corrected chi connectivity index (χ3v) is 7.75. The maximum atomic E-state index is 14.2. The minimum Gasteiger partial charge on any atom is -0.383 e. The van der Waals surface area contributed by atoms with Crippen LogP contribution in [0.15, 0.2) is 30.5 Å². The number of fused-ring (bicyclic) bond motifs is 1. The van der Waals surface area contributed by atoms with Crippen molar-refractivity contribution in [2.75, 3.05) is 64.4 Å². The van der Waals surface area contributed by atoms with Crippen LogP contribution in [0.4, 0.5) is 14.5 Å². The molecule has 3 unspecified atom stereocenters. The van der Waals surface area contributed by atoms with E-state index in [1.807, 2.05) is 13.8 Å². The molecule has 0 aliphatic carbocycles. The molecule has 2 fully saturated rings. The molecule has 214 valence electrons. The third-order valence-electron chi connectivity index (χ3n) is 7.75. The fourth-order valence-corrected chi connectivity index (χ4v) is 5.27. The number of nitrogens with one attached hydrogen (secondary N) is 1. The van der Waals surface area contributed by atoms with Crippen LogP contribution in [0.3, 0.4) is 0 Å². The van der Waals surface area contributed by atoms with Gasteiger partial charge < -0.3 is 20.1 Å². The van der Waals surface area contributed by atoms with E-state index in [1.54, 1.807) is 11.0 Å². The predicted molar refractivity (Wildman–Crippen MR) is 147 cm³/mol. The molecule has 1 aromatic carbocycles. The number of nitrogens with zero attached hydrogens (tertiary/aromatic N) is 4. The number of pyridine rings is 1. The Balaban J connectivity index is 0.000000379. The van der Waals surface area contributed by atoms with Gasteiger partial charge in [-0.15, -0.1) is 0 Å². The summed E-state index contributed by atoms with van der Waals surface area (Å²) in [7, 11) is 2.13. The molecule has 3 aliphatic rings. The van der Waals surface area contributed by atoms with E-state index in [1.165, 1.54) is 6.20 Å². The molecule has 2 aromatic rings. The van der Waals surface area contributed by atoms with Gasteiger partial charge in [-0.2, -0.15) is 0 Å². The van der Waals surface area contributed by atoms with E-state index in [0.29, 0.717) is 36.4 Å². The zero-order chi connectivity index (χ0) is 28.3. The number of benzene rings is 1. The SMILES string of the molecule is CC1CN(CC(=O)N2CC(C)(C)c3ncc(C(O)c4cc(F)ccc4F)cc32)CCN1.CC1COCCN1C. The first-order valence-electron chi connectivity index (χ1n) is 13.6. The molecule has 0 bridgehead atoms. The van der Waals surface area contributed by atoms with Gasteiger partial charge in [0.15, 0.2) is 0 Å². The Labute approximate surface area is 229 Å². The van der Waals surface area contributed by atoms with Gasteiger partial charge >= 0.3 is 0 Å². The number of halogens is 2. The lowest BCUT2D eigenvalue weighted by Crippen LogP contribution is -2.52. The summed E-state index contributed by atoms with van der Waals surface area (Å²) in [4.78, 5) is 23.8. The highest BCUT2D eigenvalue weighted by Gasteiger charge is 2.40. The Kier molecular flexibility index (Phi) is 9.33. The van der Waals surface area contributed by atoms with Gasteiger partial charge in [0.1, 0.15) is 17.7 Å². The number of aliphatic hydroxyl groups excluding tert-OH is 1. The number of amides is 1. The Morgan fingerprint density at radius 1 is 1.26 bits per heavy atom. The lowest BCUT2D eigenvalue weighted by Gasteiger charge is -2.32. The van der Waals surface area contributed by atoms with Crippen molar-refractivity contribution in [2.24, 2.45) is 0 Å². The first kappa shape index (κ1) is 29.5. The van der Waals surface area contributed by atoms with Crippen molar-refractivity contribution in [3.8, 4) is 0 Å². The number of carbonyl (C=O) groups is 1. The van der Waals surface area contributed by atoms with E-state index in [9.17, 15) is 18.7 Å². The average molecular weight is 546 g/mol. The van der Waals surface area contributed by atoms with Crippen LogP contribution in [0.25, 0.3) is 0 Å². The van der Waals surface area contributed by atoms with Crippen molar-refractivity contribution in [3.63, 3.8) is 0 Å². The van der Waals surface area contributed by atoms with E-state index in [0.717, 1.165) is 63.3 Å². The number of likely N-dealkylation sites (N-methyl/N-ethyl adjacent to an activating group) is 1. The molecule has 10 heteroatoms. The third kappa shape index (κ3) is 6.99. The number of hydrogen-bond acceptors (Lipinski definition) is 7. The molecule has 0 saturated carbocycles. The van der Waals surface area contributed by atoms with Crippen LogP contribution in [0.2, 0.25) is 0 Å². The summed E-state index contributed by atoms with van der Waals surface area (Å²) in [5, 5.41) is 14.1. The normalized spacial score (nSPS) is 24.1. The smallest absolute Gasteiger partial charge is 0.241 e. The van der Waals surface area contributed by atoms with E-state index >= 15 is 0 Å². The molecule has 5 rings (SSSR count). The molecule has 4 heterocycles. The number of aromatic nitrogens is 1. The van der Waals surface area contributed by atoms with Crippen LogP contribution in [-0.4, -0.2) is 97.4 Å². The zero-order valence-corrected chi connectivity index (χ0v) is 23.6. The van der Waals surface area contributed by atoms with Crippen LogP contribution in [0.1, 0.15) is 50.6 Å². The number of ether oxygens (including phenoxy) is 1. The lowest BCUT2D eigenvalue weighted by molar-refractivity contribution is -0.120. The number of rotatable bonds is 4. The number of piperazine rings is 1. The molecule has 3 atom stereocenters. The summed E-state index contributed by atoms with van der Waals surface area (Å²) in [6.45, 7) is 14.4. The molecule has 3 aliphatic heterocycles. The Hall–Kier alpha value is -2.50. The van der Waals surface area contributed by atoms with Gasteiger partial charge in [0.25, 0.3) is 0 Å². The minimum absolute atomic E-state index is 0.0358. The van der Waals surface area contributed by atoms with Crippen molar-refractivity contribution in [2.45, 2.75) is 51.3 Å². The van der Waals surface area contributed by atoms with Crippen LogP contribution < -0.4 is 10.2 Å². The number of aliphatic hydroxyl groups is 1. The fourth-order valence-electron chi connectivity index (χ4n) is 5.27. The van der Waals surface area contributed by atoms with Crippen molar-refractivity contribution < 1.29 is 23.4 Å². The second kappa shape index (κ2) is 12.3. The zero-order valence-electron chi connectivity index (χ0n) is 23.6. The average Bonchev–Trinajstić information content (AvgIpc) is 3.17. The second-order valence-corrected chi connectivity index (χ2v) is 11.6. The van der Waals surface area contributed by atoms with Crippen LogP contribution in [-0.2, 0) is 14.9 Å². The molecule has 39 heavy (non-hydrogen) atoms. The summed E-state index contributed by atoms with van der Waals surface area (Å²) in [6.07, 6.45) is 0.0878. The van der Waals surface area contributed by atoms with Gasteiger partial charge in [-0.05, 0) is 45.2 Å². The summed E-state index contributed by atoms with van der Waals surface area (Å²) < 4.78 is 33.0. The Morgan fingerprint density at radius 2 is 2.03 bits per heavy atom. The van der Waals surface area contributed by atoms with Gasteiger partial charge in [0.2, 0.25) is 5.91 Å². The number of morpholine rings is 1. The molecule has 1 amide bonds. The molecular weight excluding hydrogens is 504 g/mol. The van der Waals surface area contributed by atoms with Crippen molar-refractivity contribution in [3.05, 3.63) is 58.9 Å². The topological polar surface area (TPSA) is 81.2 Å². The van der Waals surface area contributed by atoms with E-state index in [-0.39, 0.29) is 16.9 Å². The molecule has 0 spiro atoms. The van der Waals surface area contributed by atoms with Crippen molar-refractivity contribution in [1.82, 2.24) is 20.1 Å². The summed E-state index contributed by atoms with van der Waals surface area (Å²) in [6, 6.07) is 5.59. The van der Waals surface area contributed by atoms with E-state index < -0.39 is 17.7 Å². The van der Waals surface area contributed by atoms with Crippen molar-refractivity contribution >= 4 is 11.6 Å². The highest BCUT2D eigenvalue weighted by Crippen LogP contribution is 2.41. The summed E-state index contributed by atoms with van der Waals surface area (Å²) >= 11 is 0. The predicted octanol–water partition coefficient (Wildman–Crippen LogP) is 2.70. The van der Waals surface area contributed by atoms with Crippen LogP contribution in [0.5, 0.6) is 0 Å². The van der Waals surface area contributed by atoms with Gasteiger partial charge in [-0.25, -0.2) is 8.78 Å². The summed E-state index contributed by atoms with van der Waals surface area (Å²) in [5.41, 5.74) is 1.17. The van der Waals surface area contributed by atoms with Gasteiger partial charge in [-0.3, -0.25) is 19.6 Å². The number of anilines is 1. The second-order valence-electron chi connectivity index (χ2n) is 11.6. The lowest BCUT2D eigenvalue weighted by atomic mass is 9.90. The molecular formula is C29H41F2N5O3. The fraction of sp³-hybridized carbons (Fsp3) is 0.586. The number of hydrogen-bond donors (Lipinski definition) is 2. The quantitative estimate of drug-likeness (QED) is 0.612. The minimum atomic E-state index is -1.39. The molecule has 8 nitrogen and oxygen atoms in total. The van der Waals surface area contributed by atoms with E-state index in [2.05, 4.69) is 41.0 Å². The maximum Gasteiger partial charge on any atom is 0.241 e. The van der Waals surface area contributed by atoms with E-state index in [4.69, 9.17) is 4.74 Å². The largest absolute Gasteiger partial charge is 0.383 e. The molecule has 2 saturated heterocycles. The highest BCUT2D eigenvalue weighted by atomic mass is 19.1. The number of carbonyl (C=O) groups excluding carboxylic acids is 1. The first-order chi connectivity index (χ1) is 18.5. The van der Waals surface area contributed by atoms with Gasteiger partial charge in [0, 0.05) is 67.5 Å². The van der Waals surface area contributed by atoms with Gasteiger partial charge in [-0.1, -0.05) is 13.8 Å². The standard InChI is InChI=1S/C23H28F2N4O2.C6H13NO/c1-14-11-28(7-6-26-14)12-20(30)29-13-23(2,3)22-19(29)8-15(10-27-22)21(31)17-9-16(24)4-5-18(17)25;1-6-5-8-4-3-7(6)2/h4-5,8-10,14,21,26,31H,6-7,11-13H2,1-3H3;6H,3-5H2,1-2H3. The monoisotopic (exact) mass is 545 g/mol. The molecule has 1 aromatic heterocycles. The molecule has 2 N–H and O–H groups in total.